The molecular formula is C16H20ClN5. The smallest absolute Gasteiger partial charge is 0.159 e. The Balaban J connectivity index is 1.83. The Hall–Kier alpha value is -2.01. The average molecular weight is 318 g/mol. The molecule has 1 aliphatic rings. The van der Waals surface area contributed by atoms with E-state index in [0.29, 0.717) is 22.4 Å². The van der Waals surface area contributed by atoms with Crippen LogP contribution in [0.5, 0.6) is 0 Å². The molecular weight excluding hydrogens is 298 g/mol. The molecule has 1 aromatic carbocycles. The minimum absolute atomic E-state index is 0.589. The second-order valence-electron chi connectivity index (χ2n) is 5.78. The fourth-order valence-electron chi connectivity index (χ4n) is 2.79. The van der Waals surface area contributed by atoms with Crippen LogP contribution in [0.1, 0.15) is 19.8 Å². The summed E-state index contributed by atoms with van der Waals surface area (Å²) in [4.78, 5) is 10.9. The lowest BCUT2D eigenvalue weighted by molar-refractivity contribution is 0.445. The zero-order chi connectivity index (χ0) is 15.5. The molecule has 5 nitrogen and oxygen atoms in total. The summed E-state index contributed by atoms with van der Waals surface area (Å²) in [5, 5.41) is 3.93. The SMILES string of the molecule is CC1CCCN(c2ncnc(Nc3ccc(Cl)cc3)c2N)C1. The molecule has 0 spiro atoms. The topological polar surface area (TPSA) is 67.1 Å². The van der Waals surface area contributed by atoms with E-state index in [1.807, 2.05) is 24.3 Å². The van der Waals surface area contributed by atoms with Gasteiger partial charge >= 0.3 is 0 Å². The predicted octanol–water partition coefficient (Wildman–Crippen LogP) is 3.69. The second kappa shape index (κ2) is 6.40. The van der Waals surface area contributed by atoms with Gasteiger partial charge in [0.1, 0.15) is 12.0 Å². The fraction of sp³-hybridized carbons (Fsp3) is 0.375. The standard InChI is InChI=1S/C16H20ClN5/c1-11-3-2-8-22(9-11)16-14(18)15(19-10-20-16)21-13-6-4-12(17)5-7-13/h4-7,10-11H,2-3,8-9,18H2,1H3,(H,19,20,21). The number of halogens is 1. The second-order valence-corrected chi connectivity index (χ2v) is 6.22. The van der Waals surface area contributed by atoms with E-state index < -0.39 is 0 Å². The molecule has 2 aromatic rings. The van der Waals surface area contributed by atoms with Gasteiger partial charge in [-0.15, -0.1) is 0 Å². The van der Waals surface area contributed by atoms with Gasteiger partial charge in [0.2, 0.25) is 0 Å². The third-order valence-electron chi connectivity index (χ3n) is 3.93. The van der Waals surface area contributed by atoms with Crippen LogP contribution < -0.4 is 16.0 Å². The Morgan fingerprint density at radius 2 is 2.05 bits per heavy atom. The summed E-state index contributed by atoms with van der Waals surface area (Å²) in [6.07, 6.45) is 3.99. The fourth-order valence-corrected chi connectivity index (χ4v) is 2.92. The van der Waals surface area contributed by atoms with E-state index in [0.717, 1.165) is 24.6 Å². The number of nitrogen functional groups attached to an aromatic ring is 1. The molecule has 2 heterocycles. The third-order valence-corrected chi connectivity index (χ3v) is 4.18. The first kappa shape index (κ1) is 14.9. The molecule has 1 unspecified atom stereocenters. The van der Waals surface area contributed by atoms with Crippen LogP contribution in [0, 0.1) is 5.92 Å². The summed E-state index contributed by atoms with van der Waals surface area (Å²) >= 11 is 5.90. The van der Waals surface area contributed by atoms with Crippen molar-refractivity contribution >= 4 is 34.6 Å². The van der Waals surface area contributed by atoms with Crippen LogP contribution in [0.3, 0.4) is 0 Å². The highest BCUT2D eigenvalue weighted by Gasteiger charge is 2.21. The minimum atomic E-state index is 0.589. The Morgan fingerprint density at radius 1 is 1.27 bits per heavy atom. The molecule has 1 saturated heterocycles. The maximum atomic E-state index is 6.28. The number of hydrogen-bond acceptors (Lipinski definition) is 5. The lowest BCUT2D eigenvalue weighted by Gasteiger charge is -2.32. The van der Waals surface area contributed by atoms with Gasteiger partial charge in [-0.25, -0.2) is 9.97 Å². The number of rotatable bonds is 3. The van der Waals surface area contributed by atoms with Gasteiger partial charge in [-0.05, 0) is 43.0 Å². The number of anilines is 4. The van der Waals surface area contributed by atoms with E-state index in [1.54, 1.807) is 6.33 Å². The van der Waals surface area contributed by atoms with Crippen molar-refractivity contribution in [3.8, 4) is 0 Å². The van der Waals surface area contributed by atoms with Crippen LogP contribution >= 0.6 is 11.6 Å². The molecule has 1 aromatic heterocycles. The van der Waals surface area contributed by atoms with E-state index in [-0.39, 0.29) is 0 Å². The summed E-state index contributed by atoms with van der Waals surface area (Å²) in [6.45, 7) is 4.24. The van der Waals surface area contributed by atoms with Crippen molar-refractivity contribution in [2.24, 2.45) is 5.92 Å². The normalized spacial score (nSPS) is 18.3. The lowest BCUT2D eigenvalue weighted by Crippen LogP contribution is -2.35. The quantitative estimate of drug-likeness (QED) is 0.903. The molecule has 1 aliphatic heterocycles. The van der Waals surface area contributed by atoms with Gasteiger partial charge in [0, 0.05) is 23.8 Å². The van der Waals surface area contributed by atoms with Gasteiger partial charge in [0.25, 0.3) is 0 Å². The van der Waals surface area contributed by atoms with Crippen LogP contribution in [-0.2, 0) is 0 Å². The first-order chi connectivity index (χ1) is 10.6. The molecule has 0 saturated carbocycles. The van der Waals surface area contributed by atoms with E-state index in [2.05, 4.69) is 27.1 Å². The zero-order valence-corrected chi connectivity index (χ0v) is 13.3. The zero-order valence-electron chi connectivity index (χ0n) is 12.6. The third kappa shape index (κ3) is 3.25. The van der Waals surface area contributed by atoms with Gasteiger partial charge < -0.3 is 16.0 Å². The van der Waals surface area contributed by atoms with Gasteiger partial charge in [0.05, 0.1) is 0 Å². The number of hydrogen-bond donors (Lipinski definition) is 2. The van der Waals surface area contributed by atoms with Crippen molar-refractivity contribution in [2.75, 3.05) is 29.0 Å². The highest BCUT2D eigenvalue weighted by Crippen LogP contribution is 2.31. The summed E-state index contributed by atoms with van der Waals surface area (Å²) in [7, 11) is 0. The van der Waals surface area contributed by atoms with Crippen LogP contribution in [0.15, 0.2) is 30.6 Å². The van der Waals surface area contributed by atoms with Gasteiger partial charge in [0.15, 0.2) is 11.6 Å². The molecule has 6 heteroatoms. The summed E-state index contributed by atoms with van der Waals surface area (Å²) < 4.78 is 0. The highest BCUT2D eigenvalue weighted by atomic mass is 35.5. The van der Waals surface area contributed by atoms with E-state index in [4.69, 9.17) is 17.3 Å². The maximum Gasteiger partial charge on any atom is 0.159 e. The molecule has 3 rings (SSSR count). The van der Waals surface area contributed by atoms with E-state index in [1.165, 1.54) is 12.8 Å². The number of benzene rings is 1. The summed E-state index contributed by atoms with van der Waals surface area (Å²) in [5.41, 5.74) is 7.77. The number of nitrogens with two attached hydrogens (primary N) is 1. The van der Waals surface area contributed by atoms with E-state index >= 15 is 0 Å². The van der Waals surface area contributed by atoms with Gasteiger partial charge in [-0.2, -0.15) is 0 Å². The lowest BCUT2D eigenvalue weighted by atomic mass is 10.0. The largest absolute Gasteiger partial charge is 0.393 e. The Bertz CT molecular complexity index is 643. The average Bonchev–Trinajstić information content (AvgIpc) is 2.51. The van der Waals surface area contributed by atoms with Gasteiger partial charge in [-0.3, -0.25) is 0 Å². The molecule has 116 valence electrons. The summed E-state index contributed by atoms with van der Waals surface area (Å²) in [6, 6.07) is 7.45. The van der Waals surface area contributed by atoms with Crippen molar-refractivity contribution < 1.29 is 0 Å². The molecule has 0 aliphatic carbocycles. The van der Waals surface area contributed by atoms with Crippen LogP contribution in [0.2, 0.25) is 5.02 Å². The van der Waals surface area contributed by atoms with Crippen molar-refractivity contribution in [3.63, 3.8) is 0 Å². The Morgan fingerprint density at radius 3 is 2.77 bits per heavy atom. The maximum absolute atomic E-state index is 6.28. The van der Waals surface area contributed by atoms with Crippen molar-refractivity contribution in [2.45, 2.75) is 19.8 Å². The Labute approximate surface area is 135 Å². The first-order valence-corrected chi connectivity index (χ1v) is 7.89. The molecule has 0 radical (unpaired) electrons. The summed E-state index contributed by atoms with van der Waals surface area (Å²) in [5.74, 6) is 2.11. The molecule has 0 bridgehead atoms. The van der Waals surface area contributed by atoms with Gasteiger partial charge in [-0.1, -0.05) is 18.5 Å². The van der Waals surface area contributed by atoms with Crippen molar-refractivity contribution in [1.82, 2.24) is 9.97 Å². The predicted molar refractivity (Wildman–Crippen MR) is 91.8 cm³/mol. The molecule has 0 amide bonds. The molecule has 3 N–H and O–H groups in total. The molecule has 1 fully saturated rings. The highest BCUT2D eigenvalue weighted by molar-refractivity contribution is 6.30. The van der Waals surface area contributed by atoms with E-state index in [9.17, 15) is 0 Å². The van der Waals surface area contributed by atoms with Crippen molar-refractivity contribution in [3.05, 3.63) is 35.6 Å². The number of piperidine rings is 1. The number of aromatic nitrogens is 2. The Kier molecular flexibility index (Phi) is 4.34. The van der Waals surface area contributed by atoms with Crippen molar-refractivity contribution in [1.29, 1.82) is 0 Å². The van der Waals surface area contributed by atoms with Crippen LogP contribution in [0.4, 0.5) is 23.0 Å². The molecule has 22 heavy (non-hydrogen) atoms. The first-order valence-electron chi connectivity index (χ1n) is 7.51. The minimum Gasteiger partial charge on any atom is -0.393 e. The molecule has 1 atom stereocenters. The monoisotopic (exact) mass is 317 g/mol. The number of nitrogens with zero attached hydrogens (tertiary/aromatic N) is 3. The number of nitrogens with one attached hydrogen (secondary N) is 1. The van der Waals surface area contributed by atoms with Crippen LogP contribution in [0.25, 0.3) is 0 Å². The van der Waals surface area contributed by atoms with Crippen LogP contribution in [-0.4, -0.2) is 23.1 Å².